The van der Waals surface area contributed by atoms with E-state index in [1.54, 1.807) is 24.3 Å². The molecule has 0 saturated carbocycles. The van der Waals surface area contributed by atoms with E-state index in [0.717, 1.165) is 11.3 Å². The molecule has 0 spiro atoms. The molecule has 6 nitrogen and oxygen atoms in total. The van der Waals surface area contributed by atoms with E-state index >= 15 is 0 Å². The van der Waals surface area contributed by atoms with Gasteiger partial charge in [0.2, 0.25) is 0 Å². The van der Waals surface area contributed by atoms with E-state index in [2.05, 4.69) is 11.8 Å². The zero-order valence-electron chi connectivity index (χ0n) is 12.5. The van der Waals surface area contributed by atoms with Gasteiger partial charge in [0.05, 0.1) is 31.5 Å². The summed E-state index contributed by atoms with van der Waals surface area (Å²) in [4.78, 5) is 0. The zero-order valence-corrected chi connectivity index (χ0v) is 12.5. The van der Waals surface area contributed by atoms with Gasteiger partial charge in [0, 0.05) is 11.6 Å². The lowest BCUT2D eigenvalue weighted by Gasteiger charge is -2.10. The van der Waals surface area contributed by atoms with Crippen molar-refractivity contribution in [2.75, 3.05) is 13.2 Å². The molecule has 1 saturated heterocycles. The second-order valence-electron chi connectivity index (χ2n) is 5.01. The van der Waals surface area contributed by atoms with Gasteiger partial charge in [-0.3, -0.25) is 0 Å². The quantitative estimate of drug-likeness (QED) is 0.850. The molecule has 1 aliphatic rings. The first-order valence-corrected chi connectivity index (χ1v) is 7.22. The maximum Gasteiger partial charge on any atom is 0.639 e. The number of rotatable bonds is 5. The first-order chi connectivity index (χ1) is 11.2. The number of nitriles is 1. The Balaban J connectivity index is 1.67. The molecular formula is C16H16BN2O4+. The minimum absolute atomic E-state index is 0.327. The fourth-order valence-corrected chi connectivity index (χ4v) is 2.12. The van der Waals surface area contributed by atoms with Crippen LogP contribution in [0.1, 0.15) is 11.1 Å². The summed E-state index contributed by atoms with van der Waals surface area (Å²) in [7, 11) is -0.613. The van der Waals surface area contributed by atoms with Crippen LogP contribution in [0.25, 0.3) is 0 Å². The van der Waals surface area contributed by atoms with Crippen LogP contribution in [0.3, 0.4) is 0 Å². The SMILES string of the molecule is N#Cc1ccc(Oc2ccc([NH3+])c(COB3OCCO3)c2)cc1. The standard InChI is InChI=1S/C16H15BN2O4/c18-10-12-1-3-14(4-2-12)23-15-5-6-16(19)13(9-15)11-22-17-20-7-8-21-17/h1-6,9H,7-8,11,19H2/p+1. The van der Waals surface area contributed by atoms with E-state index in [-0.39, 0.29) is 0 Å². The molecule has 3 rings (SSSR count). The molecule has 1 fully saturated rings. The van der Waals surface area contributed by atoms with Crippen LogP contribution in [0.4, 0.5) is 5.69 Å². The van der Waals surface area contributed by atoms with Gasteiger partial charge in [-0.25, -0.2) is 0 Å². The highest BCUT2D eigenvalue weighted by molar-refractivity contribution is 6.36. The van der Waals surface area contributed by atoms with E-state index in [4.69, 9.17) is 24.0 Å². The van der Waals surface area contributed by atoms with Gasteiger partial charge in [-0.2, -0.15) is 5.26 Å². The molecule has 2 aromatic rings. The Morgan fingerprint density at radius 2 is 1.78 bits per heavy atom. The first-order valence-electron chi connectivity index (χ1n) is 7.22. The van der Waals surface area contributed by atoms with Crippen LogP contribution < -0.4 is 10.5 Å². The van der Waals surface area contributed by atoms with Crippen LogP contribution in [0.15, 0.2) is 42.5 Å². The molecule has 0 amide bonds. The van der Waals surface area contributed by atoms with E-state index < -0.39 is 7.32 Å². The molecule has 0 bridgehead atoms. The number of ether oxygens (including phenoxy) is 1. The Morgan fingerprint density at radius 3 is 2.48 bits per heavy atom. The smallest absolute Gasteiger partial charge is 0.457 e. The maximum absolute atomic E-state index is 8.80. The third-order valence-corrected chi connectivity index (χ3v) is 3.36. The van der Waals surface area contributed by atoms with Crippen LogP contribution in [0, 0.1) is 11.3 Å². The Bertz CT molecular complexity index is 709. The summed E-state index contributed by atoms with van der Waals surface area (Å²) in [5, 5.41) is 8.80. The molecule has 23 heavy (non-hydrogen) atoms. The van der Waals surface area contributed by atoms with E-state index in [1.165, 1.54) is 0 Å². The lowest BCUT2D eigenvalue weighted by molar-refractivity contribution is -0.256. The molecule has 0 atom stereocenters. The van der Waals surface area contributed by atoms with Crippen LogP contribution in [0.5, 0.6) is 11.5 Å². The summed E-state index contributed by atoms with van der Waals surface area (Å²) in [5.74, 6) is 1.34. The average molecular weight is 311 g/mol. The van der Waals surface area contributed by atoms with Crippen LogP contribution in [0.2, 0.25) is 0 Å². The van der Waals surface area contributed by atoms with Gasteiger partial charge >= 0.3 is 7.32 Å². The van der Waals surface area contributed by atoms with Crippen molar-refractivity contribution >= 4 is 13.0 Å². The maximum atomic E-state index is 8.80. The van der Waals surface area contributed by atoms with Crippen molar-refractivity contribution in [1.29, 1.82) is 5.26 Å². The predicted octanol–water partition coefficient (Wildman–Crippen LogP) is 1.77. The van der Waals surface area contributed by atoms with E-state index in [0.29, 0.717) is 36.9 Å². The largest absolute Gasteiger partial charge is 0.639 e. The van der Waals surface area contributed by atoms with Crippen molar-refractivity contribution in [3.8, 4) is 17.6 Å². The number of hydrogen-bond acceptors (Lipinski definition) is 5. The van der Waals surface area contributed by atoms with Gasteiger partial charge in [-0.1, -0.05) is 0 Å². The van der Waals surface area contributed by atoms with Gasteiger partial charge in [0.15, 0.2) is 0 Å². The lowest BCUT2D eigenvalue weighted by atomic mass is 10.1. The van der Waals surface area contributed by atoms with Crippen LogP contribution >= 0.6 is 0 Å². The van der Waals surface area contributed by atoms with Crippen LogP contribution in [-0.4, -0.2) is 20.5 Å². The van der Waals surface area contributed by atoms with Gasteiger partial charge < -0.3 is 24.4 Å². The Hall–Kier alpha value is -2.37. The Morgan fingerprint density at radius 1 is 1.09 bits per heavy atom. The van der Waals surface area contributed by atoms with Crippen molar-refractivity contribution in [3.05, 3.63) is 53.6 Å². The molecule has 0 unspecified atom stereocenters. The average Bonchev–Trinajstić information content (AvgIpc) is 3.09. The van der Waals surface area contributed by atoms with Gasteiger partial charge in [0.25, 0.3) is 0 Å². The van der Waals surface area contributed by atoms with E-state index in [9.17, 15) is 0 Å². The topological polar surface area (TPSA) is 88.4 Å². The molecule has 0 aliphatic carbocycles. The van der Waals surface area contributed by atoms with Crippen molar-refractivity contribution < 1.29 is 24.4 Å². The summed E-state index contributed by atoms with van der Waals surface area (Å²) in [6.45, 7) is 1.42. The zero-order chi connectivity index (χ0) is 16.1. The van der Waals surface area contributed by atoms with Gasteiger partial charge in [0.1, 0.15) is 17.2 Å². The summed E-state index contributed by atoms with van der Waals surface area (Å²) < 4.78 is 21.8. The van der Waals surface area contributed by atoms with Gasteiger partial charge in [-0.05, 0) is 36.4 Å². The lowest BCUT2D eigenvalue weighted by Crippen LogP contribution is -2.41. The molecule has 7 heteroatoms. The fourth-order valence-electron chi connectivity index (χ4n) is 2.12. The highest BCUT2D eigenvalue weighted by atomic mass is 16.8. The summed E-state index contributed by atoms with van der Waals surface area (Å²) in [5.41, 5.74) is 6.33. The first kappa shape index (κ1) is 15.5. The molecular weight excluding hydrogens is 295 g/mol. The number of quaternary nitrogens is 1. The summed E-state index contributed by atoms with van der Waals surface area (Å²) in [6.07, 6.45) is 0. The molecule has 2 aromatic carbocycles. The normalized spacial score (nSPS) is 13.8. The number of nitrogens with zero attached hydrogens (tertiary/aromatic N) is 1. The summed E-state index contributed by atoms with van der Waals surface area (Å²) >= 11 is 0. The van der Waals surface area contributed by atoms with Crippen LogP contribution in [-0.2, 0) is 20.6 Å². The third kappa shape index (κ3) is 4.09. The van der Waals surface area contributed by atoms with Crippen molar-refractivity contribution in [2.24, 2.45) is 0 Å². The fraction of sp³-hybridized carbons (Fsp3) is 0.188. The molecule has 0 radical (unpaired) electrons. The third-order valence-electron chi connectivity index (χ3n) is 3.36. The number of hydrogen-bond donors (Lipinski definition) is 1. The number of benzene rings is 2. The molecule has 1 heterocycles. The monoisotopic (exact) mass is 311 g/mol. The molecule has 3 N–H and O–H groups in total. The molecule has 116 valence electrons. The predicted molar refractivity (Wildman–Crippen MR) is 82.7 cm³/mol. The van der Waals surface area contributed by atoms with E-state index in [1.807, 2.05) is 18.2 Å². The Kier molecular flexibility index (Phi) is 4.90. The Labute approximate surface area is 134 Å². The minimum atomic E-state index is -0.613. The highest BCUT2D eigenvalue weighted by Crippen LogP contribution is 2.25. The second-order valence-corrected chi connectivity index (χ2v) is 5.01. The van der Waals surface area contributed by atoms with Gasteiger partial charge in [-0.15, -0.1) is 0 Å². The molecule has 1 aliphatic heterocycles. The van der Waals surface area contributed by atoms with Crippen molar-refractivity contribution in [1.82, 2.24) is 0 Å². The summed E-state index contributed by atoms with van der Waals surface area (Å²) in [6, 6.07) is 14.6. The highest BCUT2D eigenvalue weighted by Gasteiger charge is 2.27. The van der Waals surface area contributed by atoms with Crippen molar-refractivity contribution in [2.45, 2.75) is 6.61 Å². The molecule has 0 aromatic heterocycles. The minimum Gasteiger partial charge on any atom is -0.457 e. The van der Waals surface area contributed by atoms with Crippen molar-refractivity contribution in [3.63, 3.8) is 0 Å². The second kappa shape index (κ2) is 7.27.